The molecular weight excluding hydrogens is 246 g/mol. The molecule has 19 heavy (non-hydrogen) atoms. The Bertz CT molecular complexity index is 490. The average molecular weight is 265 g/mol. The quantitative estimate of drug-likeness (QED) is 0.306. The maximum Gasteiger partial charge on any atom is 0.234 e. The zero-order chi connectivity index (χ0) is 13.9. The highest BCUT2D eigenvalue weighted by Crippen LogP contribution is 2.41. The lowest BCUT2D eigenvalue weighted by molar-refractivity contribution is -0.131. The summed E-state index contributed by atoms with van der Waals surface area (Å²) < 4.78 is 1.77. The second-order valence-electron chi connectivity index (χ2n) is 4.96. The van der Waals surface area contributed by atoms with Gasteiger partial charge in [-0.1, -0.05) is 11.6 Å². The molecule has 1 aromatic heterocycles. The lowest BCUT2D eigenvalue weighted by atomic mass is 9.67. The summed E-state index contributed by atoms with van der Waals surface area (Å²) in [4.78, 5) is 12.1. The van der Waals surface area contributed by atoms with Gasteiger partial charge in [-0.15, -0.1) is 0 Å². The van der Waals surface area contributed by atoms with Gasteiger partial charge >= 0.3 is 0 Å². The zero-order valence-corrected chi connectivity index (χ0v) is 11.0. The molecule has 1 aliphatic rings. The van der Waals surface area contributed by atoms with Crippen LogP contribution in [-0.4, -0.2) is 33.3 Å². The second-order valence-corrected chi connectivity index (χ2v) is 4.96. The Kier molecular flexibility index (Phi) is 3.73. The minimum atomic E-state index is -0.811. The molecule has 1 saturated carbocycles. The lowest BCUT2D eigenvalue weighted by Crippen LogP contribution is -2.54. The van der Waals surface area contributed by atoms with Gasteiger partial charge in [0, 0.05) is 12.7 Å². The summed E-state index contributed by atoms with van der Waals surface area (Å²) in [6.07, 6.45) is 5.87. The third kappa shape index (κ3) is 2.54. The number of nitrogens with two attached hydrogens (primary N) is 1. The fraction of sp³-hybridized carbons (Fsp3) is 0.583. The van der Waals surface area contributed by atoms with Crippen LogP contribution in [-0.2, 0) is 11.3 Å². The first-order chi connectivity index (χ1) is 9.08. The number of amides is 1. The van der Waals surface area contributed by atoms with E-state index in [-0.39, 0.29) is 11.7 Å². The smallest absolute Gasteiger partial charge is 0.234 e. The minimum absolute atomic E-state index is 0.00573. The van der Waals surface area contributed by atoms with E-state index in [1.54, 1.807) is 10.9 Å². The van der Waals surface area contributed by atoms with Crippen LogP contribution < -0.4 is 11.1 Å². The number of oxime groups is 1. The fourth-order valence-electron chi connectivity index (χ4n) is 2.27. The Labute approximate surface area is 111 Å². The number of hydrogen-bond acceptors (Lipinski definition) is 4. The predicted octanol–water partition coefficient (Wildman–Crippen LogP) is 0.224. The number of nitrogens with zero attached hydrogens (tertiary/aromatic N) is 3. The van der Waals surface area contributed by atoms with Gasteiger partial charge in [0.1, 0.15) is 5.41 Å². The maximum absolute atomic E-state index is 12.1. The minimum Gasteiger partial charge on any atom is -0.409 e. The summed E-state index contributed by atoms with van der Waals surface area (Å²) in [6, 6.07) is 0. The van der Waals surface area contributed by atoms with Gasteiger partial charge in [-0.25, -0.2) is 0 Å². The molecule has 7 nitrogen and oxygen atoms in total. The van der Waals surface area contributed by atoms with Gasteiger partial charge in [0.25, 0.3) is 0 Å². The first kappa shape index (κ1) is 13.4. The van der Waals surface area contributed by atoms with E-state index in [9.17, 15) is 4.79 Å². The van der Waals surface area contributed by atoms with E-state index in [0.717, 1.165) is 12.0 Å². The van der Waals surface area contributed by atoms with Crippen LogP contribution in [0.2, 0.25) is 0 Å². The Hall–Kier alpha value is -2.05. The molecule has 1 heterocycles. The molecule has 0 bridgehead atoms. The van der Waals surface area contributed by atoms with Crippen LogP contribution in [0.1, 0.15) is 24.8 Å². The maximum atomic E-state index is 12.1. The van der Waals surface area contributed by atoms with Crippen molar-refractivity contribution in [3.63, 3.8) is 0 Å². The summed E-state index contributed by atoms with van der Waals surface area (Å²) in [5, 5.41) is 18.7. The highest BCUT2D eigenvalue weighted by Gasteiger charge is 2.48. The van der Waals surface area contributed by atoms with Gasteiger partial charge in [-0.3, -0.25) is 9.48 Å². The molecule has 7 heteroatoms. The molecule has 0 aromatic carbocycles. The summed E-state index contributed by atoms with van der Waals surface area (Å²) in [7, 11) is 0. The molecule has 2 rings (SSSR count). The predicted molar refractivity (Wildman–Crippen MR) is 69.7 cm³/mol. The number of nitrogens with one attached hydrogen (secondary N) is 1. The number of carbonyl (C=O) groups is 1. The molecule has 1 aromatic rings. The molecule has 0 atom stereocenters. The largest absolute Gasteiger partial charge is 0.409 e. The molecule has 0 spiro atoms. The van der Waals surface area contributed by atoms with E-state index < -0.39 is 5.41 Å². The van der Waals surface area contributed by atoms with Crippen LogP contribution >= 0.6 is 0 Å². The van der Waals surface area contributed by atoms with Crippen LogP contribution in [0.25, 0.3) is 0 Å². The van der Waals surface area contributed by atoms with Crippen molar-refractivity contribution in [2.45, 2.75) is 32.7 Å². The van der Waals surface area contributed by atoms with E-state index in [1.807, 2.05) is 13.1 Å². The summed E-state index contributed by atoms with van der Waals surface area (Å²) >= 11 is 0. The van der Waals surface area contributed by atoms with E-state index in [1.165, 1.54) is 0 Å². The van der Waals surface area contributed by atoms with Gasteiger partial charge in [0.2, 0.25) is 5.91 Å². The Morgan fingerprint density at radius 1 is 1.68 bits per heavy atom. The first-order valence-corrected chi connectivity index (χ1v) is 6.34. The van der Waals surface area contributed by atoms with Crippen molar-refractivity contribution in [2.24, 2.45) is 16.3 Å². The number of aromatic nitrogens is 2. The molecule has 0 saturated heterocycles. The topological polar surface area (TPSA) is 106 Å². The Balaban J connectivity index is 1.87. The number of amidine groups is 1. The molecule has 1 aliphatic carbocycles. The number of carbonyl (C=O) groups excluding carboxylic acids is 1. The summed E-state index contributed by atoms with van der Waals surface area (Å²) in [5.74, 6) is -0.163. The van der Waals surface area contributed by atoms with Crippen molar-refractivity contribution in [1.29, 1.82) is 0 Å². The van der Waals surface area contributed by atoms with Gasteiger partial charge in [-0.05, 0) is 25.3 Å². The van der Waals surface area contributed by atoms with Crippen LogP contribution in [0.4, 0.5) is 0 Å². The van der Waals surface area contributed by atoms with E-state index >= 15 is 0 Å². The fourth-order valence-corrected chi connectivity index (χ4v) is 2.27. The third-order valence-corrected chi connectivity index (χ3v) is 3.63. The summed E-state index contributed by atoms with van der Waals surface area (Å²) in [5.41, 5.74) is 5.89. The van der Waals surface area contributed by atoms with E-state index in [2.05, 4.69) is 15.6 Å². The van der Waals surface area contributed by atoms with Crippen LogP contribution in [0.5, 0.6) is 0 Å². The standard InChI is InChI=1S/C12H19N5O2/c1-9-7-15-17(8-9)6-5-14-11(18)12(3-2-4-12)10(13)16-19/h7-8,19H,2-6H2,1H3,(H2,13,16)(H,14,18). The normalized spacial score (nSPS) is 17.8. The van der Waals surface area contributed by atoms with Crippen LogP contribution in [0, 0.1) is 12.3 Å². The number of aryl methyl sites for hydroxylation is 1. The Morgan fingerprint density at radius 2 is 2.42 bits per heavy atom. The molecule has 4 N–H and O–H groups in total. The highest BCUT2D eigenvalue weighted by atomic mass is 16.4. The van der Waals surface area contributed by atoms with Gasteiger partial charge in [0.15, 0.2) is 5.84 Å². The second kappa shape index (κ2) is 5.29. The SMILES string of the molecule is Cc1cnn(CCNC(=O)C2(C(N)=NO)CCC2)c1. The number of rotatable bonds is 5. The first-order valence-electron chi connectivity index (χ1n) is 6.34. The van der Waals surface area contributed by atoms with Crippen molar-refractivity contribution in [3.8, 4) is 0 Å². The van der Waals surface area contributed by atoms with Crippen LogP contribution in [0.15, 0.2) is 17.5 Å². The molecular formula is C12H19N5O2. The summed E-state index contributed by atoms with van der Waals surface area (Å²) in [6.45, 7) is 3.04. The van der Waals surface area contributed by atoms with E-state index in [0.29, 0.717) is 25.9 Å². The van der Waals surface area contributed by atoms with Gasteiger partial charge < -0.3 is 16.3 Å². The molecule has 0 aliphatic heterocycles. The Morgan fingerprint density at radius 3 is 2.89 bits per heavy atom. The molecule has 1 fully saturated rings. The van der Waals surface area contributed by atoms with Crippen molar-refractivity contribution < 1.29 is 10.0 Å². The van der Waals surface area contributed by atoms with Crippen molar-refractivity contribution in [2.75, 3.05) is 6.54 Å². The number of hydrogen-bond donors (Lipinski definition) is 3. The monoisotopic (exact) mass is 265 g/mol. The van der Waals surface area contributed by atoms with Gasteiger partial charge in [0.05, 0.1) is 12.7 Å². The molecule has 0 radical (unpaired) electrons. The van der Waals surface area contributed by atoms with Crippen molar-refractivity contribution >= 4 is 11.7 Å². The molecule has 0 unspecified atom stereocenters. The molecule has 1 amide bonds. The van der Waals surface area contributed by atoms with E-state index in [4.69, 9.17) is 10.9 Å². The average Bonchev–Trinajstić information content (AvgIpc) is 2.73. The third-order valence-electron chi connectivity index (χ3n) is 3.63. The van der Waals surface area contributed by atoms with Gasteiger partial charge in [-0.2, -0.15) is 5.10 Å². The van der Waals surface area contributed by atoms with Crippen molar-refractivity contribution in [3.05, 3.63) is 18.0 Å². The molecule has 104 valence electrons. The highest BCUT2D eigenvalue weighted by molar-refractivity contribution is 6.07. The lowest BCUT2D eigenvalue weighted by Gasteiger charge is -2.38. The van der Waals surface area contributed by atoms with Crippen LogP contribution in [0.3, 0.4) is 0 Å². The van der Waals surface area contributed by atoms with Crippen molar-refractivity contribution in [1.82, 2.24) is 15.1 Å². The zero-order valence-electron chi connectivity index (χ0n) is 11.0.